The maximum absolute atomic E-state index is 12.5. The van der Waals surface area contributed by atoms with Crippen LogP contribution in [0, 0.1) is 17.2 Å². The molecule has 22 heavy (non-hydrogen) atoms. The van der Waals surface area contributed by atoms with Gasteiger partial charge in [0.25, 0.3) is 5.91 Å². The van der Waals surface area contributed by atoms with Gasteiger partial charge in [-0.3, -0.25) is 4.79 Å². The van der Waals surface area contributed by atoms with E-state index in [0.29, 0.717) is 17.1 Å². The minimum absolute atomic E-state index is 0.0597. The molecule has 5 heteroatoms. The van der Waals surface area contributed by atoms with Crippen molar-refractivity contribution < 1.29 is 9.21 Å². The van der Waals surface area contributed by atoms with E-state index in [-0.39, 0.29) is 17.7 Å². The third kappa shape index (κ3) is 2.26. The molecule has 3 aliphatic rings. The smallest absolute Gasteiger partial charge is 0.251 e. The van der Waals surface area contributed by atoms with Crippen LogP contribution >= 0.6 is 0 Å². The summed E-state index contributed by atoms with van der Waals surface area (Å²) >= 11 is 0. The summed E-state index contributed by atoms with van der Waals surface area (Å²) in [4.78, 5) is 14.9. The van der Waals surface area contributed by atoms with Crippen LogP contribution in [0.4, 0.5) is 0 Å². The summed E-state index contributed by atoms with van der Waals surface area (Å²) in [7, 11) is 0. The molecule has 1 aromatic carbocycles. The van der Waals surface area contributed by atoms with Crippen LogP contribution in [0.25, 0.3) is 11.0 Å². The Morgan fingerprint density at radius 3 is 2.82 bits per heavy atom. The number of hydrogen-bond donors (Lipinski definition) is 1. The van der Waals surface area contributed by atoms with E-state index in [1.54, 1.807) is 18.2 Å². The van der Waals surface area contributed by atoms with Crippen LogP contribution < -0.4 is 5.32 Å². The number of benzene rings is 1. The second-order valence-electron chi connectivity index (χ2n) is 6.19. The van der Waals surface area contributed by atoms with Gasteiger partial charge in [0.15, 0.2) is 0 Å². The quantitative estimate of drug-likeness (QED) is 0.921. The number of nitriles is 1. The van der Waals surface area contributed by atoms with E-state index in [4.69, 9.17) is 9.68 Å². The number of furan rings is 1. The van der Waals surface area contributed by atoms with Crippen molar-refractivity contribution in [2.45, 2.75) is 18.9 Å². The Labute approximate surface area is 128 Å². The maximum atomic E-state index is 12.5. The Bertz CT molecular complexity index is 766. The Hall–Kier alpha value is -2.32. The fourth-order valence-corrected chi connectivity index (χ4v) is 3.61. The lowest BCUT2D eigenvalue weighted by Gasteiger charge is -2.44. The lowest BCUT2D eigenvalue weighted by atomic mass is 9.84. The first kappa shape index (κ1) is 13.4. The fraction of sp³-hybridized carbons (Fsp3) is 0.412. The van der Waals surface area contributed by atoms with Gasteiger partial charge in [0, 0.05) is 29.6 Å². The lowest BCUT2D eigenvalue weighted by Crippen LogP contribution is -2.57. The van der Waals surface area contributed by atoms with Gasteiger partial charge in [-0.2, -0.15) is 5.26 Å². The predicted molar refractivity (Wildman–Crippen MR) is 81.3 cm³/mol. The molecule has 3 saturated heterocycles. The van der Waals surface area contributed by atoms with Crippen molar-refractivity contribution in [3.8, 4) is 6.07 Å². The summed E-state index contributed by atoms with van der Waals surface area (Å²) in [6.07, 6.45) is 2.35. The molecule has 4 heterocycles. The predicted octanol–water partition coefficient (Wildman–Crippen LogP) is 2.13. The zero-order valence-corrected chi connectivity index (χ0v) is 12.2. The Balaban J connectivity index is 1.54. The summed E-state index contributed by atoms with van der Waals surface area (Å²) < 4.78 is 5.40. The molecule has 1 N–H and O–H groups in total. The fourth-order valence-electron chi connectivity index (χ4n) is 3.61. The third-order valence-corrected chi connectivity index (χ3v) is 4.87. The topological polar surface area (TPSA) is 69.3 Å². The number of carbonyl (C=O) groups excluding carboxylic acids is 1. The molecule has 1 atom stereocenters. The third-order valence-electron chi connectivity index (χ3n) is 4.87. The van der Waals surface area contributed by atoms with E-state index in [1.807, 2.05) is 12.1 Å². The van der Waals surface area contributed by atoms with Gasteiger partial charge in [0.1, 0.15) is 11.7 Å². The van der Waals surface area contributed by atoms with Crippen LogP contribution in [0.1, 0.15) is 29.0 Å². The molecular weight excluding hydrogens is 278 g/mol. The monoisotopic (exact) mass is 295 g/mol. The highest BCUT2D eigenvalue weighted by Gasteiger charge is 2.34. The van der Waals surface area contributed by atoms with Crippen LogP contribution in [-0.2, 0) is 0 Å². The van der Waals surface area contributed by atoms with E-state index in [1.165, 1.54) is 12.8 Å². The highest BCUT2D eigenvalue weighted by Crippen LogP contribution is 2.28. The van der Waals surface area contributed by atoms with Gasteiger partial charge in [-0.05, 0) is 44.0 Å². The molecule has 0 saturated carbocycles. The van der Waals surface area contributed by atoms with Gasteiger partial charge in [-0.25, -0.2) is 0 Å². The van der Waals surface area contributed by atoms with E-state index in [9.17, 15) is 4.79 Å². The number of amides is 1. The van der Waals surface area contributed by atoms with Crippen LogP contribution in [-0.4, -0.2) is 36.5 Å². The van der Waals surface area contributed by atoms with E-state index in [2.05, 4.69) is 10.2 Å². The average Bonchev–Trinajstić information content (AvgIpc) is 2.98. The molecule has 0 aliphatic carbocycles. The second-order valence-corrected chi connectivity index (χ2v) is 6.19. The van der Waals surface area contributed by atoms with Crippen molar-refractivity contribution in [3.05, 3.63) is 35.6 Å². The molecule has 112 valence electrons. The Morgan fingerprint density at radius 2 is 2.14 bits per heavy atom. The van der Waals surface area contributed by atoms with Gasteiger partial charge in [-0.1, -0.05) is 6.07 Å². The van der Waals surface area contributed by atoms with Crippen molar-refractivity contribution in [1.82, 2.24) is 10.2 Å². The normalized spacial score (nSPS) is 26.8. The Kier molecular flexibility index (Phi) is 3.12. The molecule has 1 amide bonds. The maximum Gasteiger partial charge on any atom is 0.251 e. The van der Waals surface area contributed by atoms with E-state index < -0.39 is 0 Å². The molecule has 0 radical (unpaired) electrons. The molecule has 1 aromatic heterocycles. The molecule has 5 nitrogen and oxygen atoms in total. The zero-order valence-electron chi connectivity index (χ0n) is 12.2. The number of fused-ring (bicyclic) bond motifs is 4. The van der Waals surface area contributed by atoms with Crippen molar-refractivity contribution in [2.24, 2.45) is 5.92 Å². The number of hydrogen-bond acceptors (Lipinski definition) is 4. The van der Waals surface area contributed by atoms with E-state index >= 15 is 0 Å². The molecule has 3 aliphatic heterocycles. The summed E-state index contributed by atoms with van der Waals surface area (Å²) in [5, 5.41) is 12.9. The first-order chi connectivity index (χ1) is 10.7. The molecule has 5 rings (SSSR count). The minimum atomic E-state index is -0.0597. The minimum Gasteiger partial charge on any atom is -0.446 e. The summed E-state index contributed by atoms with van der Waals surface area (Å²) in [6.45, 7) is 3.27. The number of carbonyl (C=O) groups is 1. The van der Waals surface area contributed by atoms with E-state index in [0.717, 1.165) is 25.0 Å². The van der Waals surface area contributed by atoms with Gasteiger partial charge >= 0.3 is 0 Å². The molecular formula is C17H17N3O2. The highest BCUT2D eigenvalue weighted by molar-refractivity contribution is 5.97. The van der Waals surface area contributed by atoms with Gasteiger partial charge < -0.3 is 14.6 Å². The molecule has 0 spiro atoms. The number of nitrogens with one attached hydrogen (secondary N) is 1. The summed E-state index contributed by atoms with van der Waals surface area (Å²) in [6, 6.07) is 9.24. The molecule has 1 unspecified atom stereocenters. The van der Waals surface area contributed by atoms with Gasteiger partial charge in [-0.15, -0.1) is 0 Å². The average molecular weight is 295 g/mol. The standard InChI is InChI=1S/C17H17N3O2/c18-9-14-7-12-1-2-13(8-16(12)22-14)17(21)19-15-10-20-5-3-11(15)4-6-20/h1-2,7-8,11,15H,3-6,10H2,(H,19,21). The molecule has 2 aromatic rings. The second kappa shape index (κ2) is 5.15. The number of rotatable bonds is 2. The molecule has 3 fully saturated rings. The molecule has 2 bridgehead atoms. The highest BCUT2D eigenvalue weighted by atomic mass is 16.3. The number of piperidine rings is 3. The summed E-state index contributed by atoms with van der Waals surface area (Å²) in [5.74, 6) is 0.812. The zero-order chi connectivity index (χ0) is 15.1. The summed E-state index contributed by atoms with van der Waals surface area (Å²) in [5.41, 5.74) is 1.17. The van der Waals surface area contributed by atoms with Gasteiger partial charge in [0.05, 0.1) is 0 Å². The Morgan fingerprint density at radius 1 is 1.32 bits per heavy atom. The largest absolute Gasteiger partial charge is 0.446 e. The van der Waals surface area contributed by atoms with Gasteiger partial charge in [0.2, 0.25) is 5.76 Å². The van der Waals surface area contributed by atoms with Crippen molar-refractivity contribution in [1.29, 1.82) is 5.26 Å². The van der Waals surface area contributed by atoms with Crippen LogP contribution in [0.2, 0.25) is 0 Å². The SMILES string of the molecule is N#Cc1cc2ccc(C(=O)NC3CN4CCC3CC4)cc2o1. The van der Waals surface area contributed by atoms with Crippen molar-refractivity contribution in [2.75, 3.05) is 19.6 Å². The van der Waals surface area contributed by atoms with Crippen LogP contribution in [0.15, 0.2) is 28.7 Å². The lowest BCUT2D eigenvalue weighted by molar-refractivity contribution is 0.0620. The van der Waals surface area contributed by atoms with Crippen LogP contribution in [0.3, 0.4) is 0 Å². The number of nitrogens with zero attached hydrogens (tertiary/aromatic N) is 2. The van der Waals surface area contributed by atoms with Crippen LogP contribution in [0.5, 0.6) is 0 Å². The van der Waals surface area contributed by atoms with Crippen molar-refractivity contribution >= 4 is 16.9 Å². The first-order valence-electron chi connectivity index (χ1n) is 7.70. The first-order valence-corrected chi connectivity index (χ1v) is 7.70. The van der Waals surface area contributed by atoms with Crippen molar-refractivity contribution in [3.63, 3.8) is 0 Å².